The maximum atomic E-state index is 12.3. The number of carbonyl (C=O) groups is 1. The van der Waals surface area contributed by atoms with Crippen LogP contribution in [0.1, 0.15) is 58.6 Å². The fraction of sp³-hybridized carbons (Fsp3) is 0.333. The molecule has 3 nitrogen and oxygen atoms in total. The van der Waals surface area contributed by atoms with Crippen LogP contribution < -0.4 is 5.43 Å². The summed E-state index contributed by atoms with van der Waals surface area (Å²) in [5.41, 5.74) is 8.09. The first kappa shape index (κ1) is 16.4. The Balaban J connectivity index is 1.57. The Morgan fingerprint density at radius 3 is 2.42 bits per heavy atom. The van der Waals surface area contributed by atoms with Gasteiger partial charge in [0, 0.05) is 11.3 Å². The highest BCUT2D eigenvalue weighted by Crippen LogP contribution is 2.31. The van der Waals surface area contributed by atoms with Crippen LogP contribution in [0.3, 0.4) is 0 Å². The summed E-state index contributed by atoms with van der Waals surface area (Å²) in [7, 11) is 0. The van der Waals surface area contributed by atoms with Gasteiger partial charge in [-0.3, -0.25) is 4.79 Å². The Morgan fingerprint density at radius 2 is 1.75 bits per heavy atom. The zero-order valence-electron chi connectivity index (χ0n) is 14.4. The molecule has 1 saturated carbocycles. The lowest BCUT2D eigenvalue weighted by molar-refractivity contribution is 0.0954. The number of benzene rings is 2. The number of nitrogens with zero attached hydrogens (tertiary/aromatic N) is 1. The van der Waals surface area contributed by atoms with E-state index in [4.69, 9.17) is 0 Å². The number of rotatable bonds is 3. The zero-order valence-corrected chi connectivity index (χ0v) is 14.4. The van der Waals surface area contributed by atoms with Crippen molar-refractivity contribution < 1.29 is 4.79 Å². The number of hydrogen-bond acceptors (Lipinski definition) is 2. The molecular weight excluding hydrogens is 296 g/mol. The molecule has 1 fully saturated rings. The van der Waals surface area contributed by atoms with Crippen LogP contribution in [0, 0.1) is 13.8 Å². The van der Waals surface area contributed by atoms with Crippen LogP contribution in [0.5, 0.6) is 0 Å². The Morgan fingerprint density at radius 1 is 1.04 bits per heavy atom. The summed E-state index contributed by atoms with van der Waals surface area (Å²) < 4.78 is 0. The predicted octanol–water partition coefficient (Wildman–Crippen LogP) is 4.75. The summed E-state index contributed by atoms with van der Waals surface area (Å²) in [5.74, 6) is 0.491. The Hall–Kier alpha value is -2.42. The van der Waals surface area contributed by atoms with Crippen molar-refractivity contribution in [3.05, 3.63) is 70.8 Å². The average molecular weight is 320 g/mol. The van der Waals surface area contributed by atoms with Gasteiger partial charge in [0.2, 0.25) is 0 Å². The normalized spacial score (nSPS) is 17.4. The number of hydrazone groups is 1. The Bertz CT molecular complexity index is 740. The summed E-state index contributed by atoms with van der Waals surface area (Å²) in [4.78, 5) is 12.3. The minimum absolute atomic E-state index is 0.120. The van der Waals surface area contributed by atoms with E-state index in [0.29, 0.717) is 11.5 Å². The van der Waals surface area contributed by atoms with Gasteiger partial charge >= 0.3 is 0 Å². The minimum Gasteiger partial charge on any atom is -0.267 e. The lowest BCUT2D eigenvalue weighted by atomic mass is 9.83. The second-order valence-electron chi connectivity index (χ2n) is 6.62. The van der Waals surface area contributed by atoms with Gasteiger partial charge < -0.3 is 0 Å². The van der Waals surface area contributed by atoms with Crippen molar-refractivity contribution in [2.24, 2.45) is 5.10 Å². The van der Waals surface area contributed by atoms with Crippen molar-refractivity contribution in [2.75, 3.05) is 0 Å². The van der Waals surface area contributed by atoms with Crippen LogP contribution in [0.4, 0.5) is 0 Å². The molecule has 0 saturated heterocycles. The third-order valence-electron chi connectivity index (χ3n) is 4.78. The molecule has 0 aliphatic heterocycles. The average Bonchev–Trinajstić information content (AvgIpc) is 2.61. The van der Waals surface area contributed by atoms with Crippen molar-refractivity contribution in [1.29, 1.82) is 0 Å². The van der Waals surface area contributed by atoms with Crippen LogP contribution in [0.15, 0.2) is 53.6 Å². The maximum Gasteiger partial charge on any atom is 0.271 e. The van der Waals surface area contributed by atoms with E-state index in [1.165, 1.54) is 5.56 Å². The Labute approximate surface area is 143 Å². The molecule has 0 heterocycles. The van der Waals surface area contributed by atoms with Gasteiger partial charge in [-0.25, -0.2) is 5.43 Å². The van der Waals surface area contributed by atoms with Gasteiger partial charge in [-0.2, -0.15) is 5.10 Å². The van der Waals surface area contributed by atoms with Gasteiger partial charge in [0.25, 0.3) is 5.91 Å². The lowest BCUT2D eigenvalue weighted by Crippen LogP contribution is -2.22. The van der Waals surface area contributed by atoms with Crippen LogP contribution in [-0.4, -0.2) is 11.6 Å². The van der Waals surface area contributed by atoms with E-state index in [-0.39, 0.29) is 5.91 Å². The maximum absolute atomic E-state index is 12.3. The molecule has 1 amide bonds. The molecule has 1 aliphatic carbocycles. The van der Waals surface area contributed by atoms with E-state index in [2.05, 4.69) is 40.9 Å². The van der Waals surface area contributed by atoms with Gasteiger partial charge in [-0.1, -0.05) is 48.0 Å². The molecule has 2 aromatic rings. The van der Waals surface area contributed by atoms with E-state index < -0.39 is 0 Å². The molecule has 0 unspecified atom stereocenters. The smallest absolute Gasteiger partial charge is 0.267 e. The lowest BCUT2D eigenvalue weighted by Gasteiger charge is -2.23. The van der Waals surface area contributed by atoms with E-state index in [0.717, 1.165) is 42.5 Å². The topological polar surface area (TPSA) is 41.5 Å². The summed E-state index contributed by atoms with van der Waals surface area (Å²) in [6, 6.07) is 16.5. The molecule has 3 rings (SSSR count). The van der Waals surface area contributed by atoms with Crippen molar-refractivity contribution >= 4 is 11.6 Å². The molecule has 124 valence electrons. The molecule has 2 aromatic carbocycles. The van der Waals surface area contributed by atoms with Crippen molar-refractivity contribution in [3.8, 4) is 0 Å². The first-order valence-electron chi connectivity index (χ1n) is 8.61. The molecule has 1 N–H and O–H groups in total. The second kappa shape index (κ2) is 7.43. The van der Waals surface area contributed by atoms with Gasteiger partial charge in [0.05, 0.1) is 0 Å². The number of aryl methyl sites for hydroxylation is 2. The first-order valence-corrected chi connectivity index (χ1v) is 8.61. The largest absolute Gasteiger partial charge is 0.271 e. The molecule has 0 atom stereocenters. The van der Waals surface area contributed by atoms with Crippen LogP contribution >= 0.6 is 0 Å². The number of amides is 1. The van der Waals surface area contributed by atoms with E-state index in [1.54, 1.807) is 0 Å². The van der Waals surface area contributed by atoms with Crippen LogP contribution in [-0.2, 0) is 0 Å². The standard InChI is InChI=1S/C21H24N2O/c1-15-8-13-20(16(2)14-15)21(24)23-22-19-11-9-18(10-12-19)17-6-4-3-5-7-17/h3-8,13-14,18H,9-12H2,1-2H3,(H,23,24). The van der Waals surface area contributed by atoms with Gasteiger partial charge in [0.1, 0.15) is 0 Å². The first-order chi connectivity index (χ1) is 11.6. The summed E-state index contributed by atoms with van der Waals surface area (Å²) >= 11 is 0. The van der Waals surface area contributed by atoms with E-state index in [1.807, 2.05) is 32.0 Å². The fourth-order valence-corrected chi connectivity index (χ4v) is 3.38. The van der Waals surface area contributed by atoms with E-state index >= 15 is 0 Å². The zero-order chi connectivity index (χ0) is 16.9. The van der Waals surface area contributed by atoms with Gasteiger partial charge in [0.15, 0.2) is 0 Å². The van der Waals surface area contributed by atoms with Crippen molar-refractivity contribution in [3.63, 3.8) is 0 Å². The van der Waals surface area contributed by atoms with Gasteiger partial charge in [-0.05, 0) is 62.6 Å². The summed E-state index contributed by atoms with van der Waals surface area (Å²) in [5, 5.41) is 4.37. The summed E-state index contributed by atoms with van der Waals surface area (Å²) in [6.07, 6.45) is 4.10. The molecule has 3 heteroatoms. The van der Waals surface area contributed by atoms with Gasteiger partial charge in [-0.15, -0.1) is 0 Å². The highest BCUT2D eigenvalue weighted by Gasteiger charge is 2.19. The molecule has 0 radical (unpaired) electrons. The molecule has 1 aliphatic rings. The summed E-state index contributed by atoms with van der Waals surface area (Å²) in [6.45, 7) is 3.99. The monoisotopic (exact) mass is 320 g/mol. The molecule has 24 heavy (non-hydrogen) atoms. The number of nitrogens with one attached hydrogen (secondary N) is 1. The van der Waals surface area contributed by atoms with E-state index in [9.17, 15) is 4.79 Å². The molecule has 0 aromatic heterocycles. The highest BCUT2D eigenvalue weighted by atomic mass is 16.2. The van der Waals surface area contributed by atoms with Crippen molar-refractivity contribution in [2.45, 2.75) is 45.4 Å². The third-order valence-corrected chi connectivity index (χ3v) is 4.78. The SMILES string of the molecule is Cc1ccc(C(=O)NN=C2CCC(c3ccccc3)CC2)c(C)c1. The Kier molecular flexibility index (Phi) is 5.09. The second-order valence-corrected chi connectivity index (χ2v) is 6.62. The molecule has 0 bridgehead atoms. The van der Waals surface area contributed by atoms with Crippen LogP contribution in [0.25, 0.3) is 0 Å². The molecular formula is C21H24N2O. The van der Waals surface area contributed by atoms with Crippen molar-refractivity contribution in [1.82, 2.24) is 5.43 Å². The number of carbonyl (C=O) groups excluding carboxylic acids is 1. The minimum atomic E-state index is -0.120. The number of hydrogen-bond donors (Lipinski definition) is 1. The fourth-order valence-electron chi connectivity index (χ4n) is 3.38. The van der Waals surface area contributed by atoms with Crippen LogP contribution in [0.2, 0.25) is 0 Å². The predicted molar refractivity (Wildman–Crippen MR) is 98.5 cm³/mol. The third kappa shape index (κ3) is 3.91. The quantitative estimate of drug-likeness (QED) is 0.815. The molecule has 0 spiro atoms. The highest BCUT2D eigenvalue weighted by molar-refractivity contribution is 5.96.